The second-order valence-corrected chi connectivity index (χ2v) is 7.49. The van der Waals surface area contributed by atoms with E-state index in [1.807, 2.05) is 37.1 Å². The number of methoxy groups -OCH3 is 1. The van der Waals surface area contributed by atoms with E-state index >= 15 is 0 Å². The van der Waals surface area contributed by atoms with E-state index in [-0.39, 0.29) is 5.91 Å². The number of nitrogens with zero attached hydrogens (tertiary/aromatic N) is 5. The highest BCUT2D eigenvalue weighted by atomic mass is 32.2. The molecule has 0 bridgehead atoms. The molecule has 0 unspecified atom stereocenters. The van der Waals surface area contributed by atoms with Gasteiger partial charge in [0.2, 0.25) is 5.95 Å². The average molecular weight is 388 g/mol. The minimum Gasteiger partial charge on any atom is -0.497 e. The SMILES string of the molecule is CCN1C(=O)C(=C2Sc3ccc(OC)cc3N2C)SC1=Nc1ncn[nH]1. The van der Waals surface area contributed by atoms with Gasteiger partial charge >= 0.3 is 0 Å². The number of likely N-dealkylation sites (N-methyl/N-ethyl adjacent to an activating group) is 1. The molecule has 0 saturated carbocycles. The molecule has 0 atom stereocenters. The van der Waals surface area contributed by atoms with Crippen LogP contribution in [0.3, 0.4) is 0 Å². The highest BCUT2D eigenvalue weighted by molar-refractivity contribution is 8.19. The molecular weight excluding hydrogens is 372 g/mol. The topological polar surface area (TPSA) is 86.7 Å². The molecule has 1 aromatic carbocycles. The van der Waals surface area contributed by atoms with Crippen molar-refractivity contribution in [3.8, 4) is 5.75 Å². The number of rotatable bonds is 3. The van der Waals surface area contributed by atoms with Gasteiger partial charge in [0, 0.05) is 24.6 Å². The first-order chi connectivity index (χ1) is 12.6. The predicted octanol–water partition coefficient (Wildman–Crippen LogP) is 2.81. The molecule has 8 nitrogen and oxygen atoms in total. The van der Waals surface area contributed by atoms with Crippen molar-refractivity contribution < 1.29 is 9.53 Å². The number of carbonyl (C=O) groups is 1. The number of H-pyrrole nitrogens is 1. The van der Waals surface area contributed by atoms with Crippen LogP contribution >= 0.6 is 23.5 Å². The number of amidine groups is 1. The molecule has 1 saturated heterocycles. The number of anilines is 1. The number of aliphatic imine (C=N–C) groups is 1. The maximum atomic E-state index is 12.9. The third-order valence-electron chi connectivity index (χ3n) is 4.02. The van der Waals surface area contributed by atoms with E-state index in [1.165, 1.54) is 18.1 Å². The van der Waals surface area contributed by atoms with E-state index in [0.717, 1.165) is 21.4 Å². The van der Waals surface area contributed by atoms with Crippen LogP contribution in [0.2, 0.25) is 0 Å². The molecular formula is C16H16N6O2S2. The summed E-state index contributed by atoms with van der Waals surface area (Å²) in [5.41, 5.74) is 1.02. The Labute approximate surface area is 158 Å². The predicted molar refractivity (Wildman–Crippen MR) is 103 cm³/mol. The first kappa shape index (κ1) is 17.0. The van der Waals surface area contributed by atoms with Gasteiger partial charge in [0.05, 0.1) is 17.8 Å². The Kier molecular flexibility index (Phi) is 4.37. The fourth-order valence-electron chi connectivity index (χ4n) is 2.69. The maximum Gasteiger partial charge on any atom is 0.269 e. The molecule has 10 heteroatoms. The number of aromatic nitrogens is 3. The molecule has 1 fully saturated rings. The van der Waals surface area contributed by atoms with Gasteiger partial charge in [0.25, 0.3) is 5.91 Å². The van der Waals surface area contributed by atoms with Gasteiger partial charge in [-0.1, -0.05) is 11.8 Å². The fourth-order valence-corrected chi connectivity index (χ4v) is 5.06. The van der Waals surface area contributed by atoms with Gasteiger partial charge in [-0.05, 0) is 30.8 Å². The summed E-state index contributed by atoms with van der Waals surface area (Å²) in [6.07, 6.45) is 1.39. The lowest BCUT2D eigenvalue weighted by Crippen LogP contribution is -2.29. The molecule has 0 aliphatic carbocycles. The molecule has 2 aromatic rings. The first-order valence-electron chi connectivity index (χ1n) is 7.90. The molecule has 1 N–H and O–H groups in total. The molecule has 2 aliphatic rings. The molecule has 1 amide bonds. The minimum absolute atomic E-state index is 0.0510. The number of benzene rings is 1. The number of hydrogen-bond acceptors (Lipinski definition) is 8. The van der Waals surface area contributed by atoms with E-state index in [0.29, 0.717) is 22.6 Å². The Bertz CT molecular complexity index is 925. The smallest absolute Gasteiger partial charge is 0.269 e. The Morgan fingerprint density at radius 3 is 2.88 bits per heavy atom. The second kappa shape index (κ2) is 6.69. The first-order valence-corrected chi connectivity index (χ1v) is 9.53. The van der Waals surface area contributed by atoms with Crippen molar-refractivity contribution >= 4 is 46.2 Å². The van der Waals surface area contributed by atoms with E-state index in [9.17, 15) is 4.79 Å². The van der Waals surface area contributed by atoms with E-state index in [1.54, 1.807) is 23.8 Å². The van der Waals surface area contributed by atoms with Crippen LogP contribution in [0.15, 0.2) is 44.3 Å². The van der Waals surface area contributed by atoms with E-state index < -0.39 is 0 Å². The summed E-state index contributed by atoms with van der Waals surface area (Å²) in [6.45, 7) is 2.46. The molecule has 0 spiro atoms. The lowest BCUT2D eigenvalue weighted by atomic mass is 10.3. The van der Waals surface area contributed by atoms with Gasteiger partial charge < -0.3 is 9.64 Å². The molecule has 4 rings (SSSR count). The van der Waals surface area contributed by atoms with Crippen molar-refractivity contribution in [1.82, 2.24) is 20.1 Å². The number of aromatic amines is 1. The van der Waals surface area contributed by atoms with Gasteiger partial charge in [0.1, 0.15) is 17.0 Å². The number of thioether (sulfide) groups is 2. The number of fused-ring (bicyclic) bond motifs is 1. The van der Waals surface area contributed by atoms with Gasteiger partial charge in [-0.15, -0.1) is 0 Å². The number of ether oxygens (including phenoxy) is 1. The van der Waals surface area contributed by atoms with Crippen LogP contribution < -0.4 is 9.64 Å². The Morgan fingerprint density at radius 2 is 2.19 bits per heavy atom. The van der Waals surface area contributed by atoms with Crippen LogP contribution in [0.25, 0.3) is 0 Å². The summed E-state index contributed by atoms with van der Waals surface area (Å²) in [4.78, 5) is 26.8. The number of hydrogen-bond donors (Lipinski definition) is 1. The zero-order valence-corrected chi connectivity index (χ0v) is 16.0. The van der Waals surface area contributed by atoms with Gasteiger partial charge in [-0.3, -0.25) is 9.69 Å². The summed E-state index contributed by atoms with van der Waals surface area (Å²) < 4.78 is 5.31. The highest BCUT2D eigenvalue weighted by Gasteiger charge is 2.38. The van der Waals surface area contributed by atoms with Crippen LogP contribution in [-0.4, -0.2) is 51.9 Å². The summed E-state index contributed by atoms with van der Waals surface area (Å²) in [6, 6.07) is 5.90. The van der Waals surface area contributed by atoms with Crippen molar-refractivity contribution in [2.24, 2.45) is 4.99 Å². The monoisotopic (exact) mass is 388 g/mol. The Balaban J connectivity index is 1.72. The molecule has 1 aromatic heterocycles. The number of nitrogens with one attached hydrogen (secondary N) is 1. The lowest BCUT2D eigenvalue weighted by Gasteiger charge is -2.15. The Morgan fingerprint density at radius 1 is 1.35 bits per heavy atom. The number of amides is 1. The van der Waals surface area contributed by atoms with Crippen LogP contribution in [-0.2, 0) is 4.79 Å². The molecule has 134 valence electrons. The molecule has 3 heterocycles. The molecule has 2 aliphatic heterocycles. The van der Waals surface area contributed by atoms with Crippen LogP contribution in [0.4, 0.5) is 11.6 Å². The van der Waals surface area contributed by atoms with Crippen LogP contribution in [0.1, 0.15) is 6.92 Å². The van der Waals surface area contributed by atoms with Gasteiger partial charge in [0.15, 0.2) is 5.17 Å². The molecule has 26 heavy (non-hydrogen) atoms. The van der Waals surface area contributed by atoms with E-state index in [4.69, 9.17) is 4.74 Å². The normalized spacial score (nSPS) is 21.0. The minimum atomic E-state index is -0.0510. The maximum absolute atomic E-state index is 12.9. The third kappa shape index (κ3) is 2.74. The summed E-state index contributed by atoms with van der Waals surface area (Å²) >= 11 is 2.93. The van der Waals surface area contributed by atoms with Crippen molar-refractivity contribution in [2.75, 3.05) is 25.6 Å². The van der Waals surface area contributed by atoms with Crippen LogP contribution in [0.5, 0.6) is 5.75 Å². The summed E-state index contributed by atoms with van der Waals surface area (Å²) in [5, 5.41) is 7.98. The standard InChI is InChI=1S/C16H16N6O2S2/c1-4-22-13(23)12(26-16(22)19-15-17-8-18-20-15)14-21(2)10-7-9(24-3)5-6-11(10)25-14/h5-8H,4H2,1-3H3,(H,17,18,20). The van der Waals surface area contributed by atoms with Crippen molar-refractivity contribution in [3.63, 3.8) is 0 Å². The zero-order valence-electron chi connectivity index (χ0n) is 14.4. The Hall–Kier alpha value is -2.46. The quantitative estimate of drug-likeness (QED) is 0.809. The lowest BCUT2D eigenvalue weighted by molar-refractivity contribution is -0.122. The number of carbonyl (C=O) groups excluding carboxylic acids is 1. The largest absolute Gasteiger partial charge is 0.497 e. The summed E-state index contributed by atoms with van der Waals surface area (Å²) in [5.74, 6) is 1.12. The molecule has 0 radical (unpaired) electrons. The van der Waals surface area contributed by atoms with E-state index in [2.05, 4.69) is 20.2 Å². The van der Waals surface area contributed by atoms with Crippen molar-refractivity contribution in [1.29, 1.82) is 0 Å². The zero-order chi connectivity index (χ0) is 18.3. The van der Waals surface area contributed by atoms with Crippen LogP contribution in [0, 0.1) is 0 Å². The average Bonchev–Trinajstić information content (AvgIpc) is 3.34. The summed E-state index contributed by atoms with van der Waals surface area (Å²) in [7, 11) is 3.60. The van der Waals surface area contributed by atoms with Gasteiger partial charge in [-0.2, -0.15) is 15.1 Å². The van der Waals surface area contributed by atoms with Crippen molar-refractivity contribution in [2.45, 2.75) is 11.8 Å². The van der Waals surface area contributed by atoms with Crippen molar-refractivity contribution in [3.05, 3.63) is 34.5 Å². The van der Waals surface area contributed by atoms with Gasteiger partial charge in [-0.25, -0.2) is 5.10 Å². The fraction of sp³-hybridized carbons (Fsp3) is 0.250. The highest BCUT2D eigenvalue weighted by Crippen LogP contribution is 2.50. The third-order valence-corrected chi connectivity index (χ3v) is 6.45. The second-order valence-electron chi connectivity index (χ2n) is 5.48.